The van der Waals surface area contributed by atoms with Gasteiger partial charge in [-0.25, -0.2) is 0 Å². The van der Waals surface area contributed by atoms with Gasteiger partial charge < -0.3 is 5.32 Å². The zero-order valence-corrected chi connectivity index (χ0v) is 10.7. The Morgan fingerprint density at radius 2 is 2.00 bits per heavy atom. The molecule has 0 aliphatic rings. The van der Waals surface area contributed by atoms with Gasteiger partial charge in [0.15, 0.2) is 0 Å². The first-order valence-electron chi connectivity index (χ1n) is 5.16. The minimum Gasteiger partial charge on any atom is -0.312 e. The molecule has 1 nitrogen and oxygen atoms in total. The number of nitrogens with one attached hydrogen (secondary N) is 1. The highest BCUT2D eigenvalue weighted by molar-refractivity contribution is 7.12. The van der Waals surface area contributed by atoms with Gasteiger partial charge in [-0.15, -0.1) is 11.3 Å². The van der Waals surface area contributed by atoms with E-state index in [2.05, 4.69) is 45.1 Å². The van der Waals surface area contributed by atoms with Gasteiger partial charge in [-0.3, -0.25) is 0 Å². The van der Waals surface area contributed by atoms with Crippen LogP contribution < -0.4 is 5.32 Å². The Bertz CT molecular complexity index is 283. The van der Waals surface area contributed by atoms with Crippen molar-refractivity contribution in [3.05, 3.63) is 21.9 Å². The third kappa shape index (κ3) is 3.43. The van der Waals surface area contributed by atoms with E-state index in [-0.39, 0.29) is 0 Å². The van der Waals surface area contributed by atoms with Crippen LogP contribution in [-0.4, -0.2) is 7.05 Å². The average molecular weight is 211 g/mol. The van der Waals surface area contributed by atoms with E-state index in [1.807, 2.05) is 18.4 Å². The molecule has 0 amide bonds. The molecule has 0 bridgehead atoms. The first kappa shape index (κ1) is 11.7. The molecule has 0 radical (unpaired) electrons. The Morgan fingerprint density at radius 1 is 1.36 bits per heavy atom. The summed E-state index contributed by atoms with van der Waals surface area (Å²) in [5, 5.41) is 3.40. The molecule has 0 aliphatic heterocycles. The molecule has 1 aromatic rings. The van der Waals surface area contributed by atoms with Gasteiger partial charge in [-0.2, -0.15) is 0 Å². The van der Waals surface area contributed by atoms with Crippen LogP contribution in [0.2, 0.25) is 0 Å². The molecule has 1 aromatic heterocycles. The van der Waals surface area contributed by atoms with Crippen LogP contribution in [0.5, 0.6) is 0 Å². The van der Waals surface area contributed by atoms with Gasteiger partial charge in [0.25, 0.3) is 0 Å². The molecule has 0 saturated heterocycles. The Balaban J connectivity index is 2.72. The van der Waals surface area contributed by atoms with E-state index in [0.29, 0.717) is 11.5 Å². The van der Waals surface area contributed by atoms with Crippen LogP contribution in [0.4, 0.5) is 0 Å². The van der Waals surface area contributed by atoms with E-state index >= 15 is 0 Å². The number of rotatable bonds is 3. The van der Waals surface area contributed by atoms with Gasteiger partial charge in [-0.1, -0.05) is 20.8 Å². The van der Waals surface area contributed by atoms with Crippen molar-refractivity contribution in [1.82, 2.24) is 5.32 Å². The van der Waals surface area contributed by atoms with Crippen molar-refractivity contribution in [3.8, 4) is 0 Å². The molecule has 80 valence electrons. The fourth-order valence-electron chi connectivity index (χ4n) is 1.60. The second-order valence-electron chi connectivity index (χ2n) is 5.05. The van der Waals surface area contributed by atoms with Crippen molar-refractivity contribution in [2.24, 2.45) is 5.41 Å². The maximum absolute atomic E-state index is 3.40. The van der Waals surface area contributed by atoms with Crippen LogP contribution in [0.1, 0.15) is 43.0 Å². The lowest BCUT2D eigenvalue weighted by Crippen LogP contribution is -2.21. The van der Waals surface area contributed by atoms with Gasteiger partial charge in [0.2, 0.25) is 0 Å². The van der Waals surface area contributed by atoms with Gasteiger partial charge in [0.1, 0.15) is 0 Å². The molecule has 1 unspecified atom stereocenters. The van der Waals surface area contributed by atoms with E-state index in [1.165, 1.54) is 16.2 Å². The van der Waals surface area contributed by atoms with E-state index in [0.717, 1.165) is 0 Å². The quantitative estimate of drug-likeness (QED) is 0.803. The van der Waals surface area contributed by atoms with E-state index in [9.17, 15) is 0 Å². The predicted molar refractivity (Wildman–Crippen MR) is 64.9 cm³/mol. The standard InChI is InChI=1S/C12H21NS/c1-9-6-7-11(14-9)10(13-5)8-12(2,3)4/h6-7,10,13H,8H2,1-5H3. The summed E-state index contributed by atoms with van der Waals surface area (Å²) in [4.78, 5) is 2.86. The topological polar surface area (TPSA) is 12.0 Å². The molecule has 1 rings (SSSR count). The second-order valence-corrected chi connectivity index (χ2v) is 6.37. The lowest BCUT2D eigenvalue weighted by atomic mass is 9.87. The zero-order valence-electron chi connectivity index (χ0n) is 9.85. The van der Waals surface area contributed by atoms with Crippen molar-refractivity contribution in [2.45, 2.75) is 40.2 Å². The highest BCUT2D eigenvalue weighted by Crippen LogP contribution is 2.32. The van der Waals surface area contributed by atoms with Crippen LogP contribution in [0, 0.1) is 12.3 Å². The molecule has 2 heteroatoms. The summed E-state index contributed by atoms with van der Waals surface area (Å²) < 4.78 is 0. The van der Waals surface area contributed by atoms with Crippen molar-refractivity contribution in [1.29, 1.82) is 0 Å². The molecule has 1 N–H and O–H groups in total. The maximum Gasteiger partial charge on any atom is 0.0417 e. The van der Waals surface area contributed by atoms with Crippen LogP contribution in [0.15, 0.2) is 12.1 Å². The van der Waals surface area contributed by atoms with Crippen molar-refractivity contribution >= 4 is 11.3 Å². The molecule has 1 atom stereocenters. The van der Waals surface area contributed by atoms with E-state index in [4.69, 9.17) is 0 Å². The largest absolute Gasteiger partial charge is 0.312 e. The van der Waals surface area contributed by atoms with Crippen molar-refractivity contribution in [2.75, 3.05) is 7.05 Å². The fraction of sp³-hybridized carbons (Fsp3) is 0.667. The number of hydrogen-bond acceptors (Lipinski definition) is 2. The van der Waals surface area contributed by atoms with E-state index in [1.54, 1.807) is 0 Å². The van der Waals surface area contributed by atoms with E-state index < -0.39 is 0 Å². The molecule has 1 heterocycles. The third-order valence-corrected chi connectivity index (χ3v) is 3.38. The normalized spacial score (nSPS) is 14.4. The molecule has 0 aliphatic carbocycles. The summed E-state index contributed by atoms with van der Waals surface area (Å²) in [6.07, 6.45) is 1.18. The average Bonchev–Trinajstić information content (AvgIpc) is 2.46. The minimum atomic E-state index is 0.381. The number of hydrogen-bond donors (Lipinski definition) is 1. The number of thiophene rings is 1. The SMILES string of the molecule is CNC(CC(C)(C)C)c1ccc(C)s1. The molecule has 0 saturated carbocycles. The second kappa shape index (κ2) is 4.45. The summed E-state index contributed by atoms with van der Waals surface area (Å²) in [5.74, 6) is 0. The summed E-state index contributed by atoms with van der Waals surface area (Å²) in [5.41, 5.74) is 0.381. The molecular weight excluding hydrogens is 190 g/mol. The van der Waals surface area contributed by atoms with Crippen molar-refractivity contribution in [3.63, 3.8) is 0 Å². The fourth-order valence-corrected chi connectivity index (χ4v) is 2.59. The lowest BCUT2D eigenvalue weighted by Gasteiger charge is -2.24. The van der Waals surface area contributed by atoms with Gasteiger partial charge in [0.05, 0.1) is 0 Å². The molecule has 14 heavy (non-hydrogen) atoms. The van der Waals surface area contributed by atoms with Gasteiger partial charge in [0, 0.05) is 15.8 Å². The summed E-state index contributed by atoms with van der Waals surface area (Å²) in [7, 11) is 2.05. The predicted octanol–water partition coefficient (Wildman–Crippen LogP) is 3.75. The zero-order chi connectivity index (χ0) is 10.8. The van der Waals surface area contributed by atoms with Crippen molar-refractivity contribution < 1.29 is 0 Å². The summed E-state index contributed by atoms with van der Waals surface area (Å²) in [6, 6.07) is 4.95. The lowest BCUT2D eigenvalue weighted by molar-refractivity contribution is 0.323. The smallest absolute Gasteiger partial charge is 0.0417 e. The monoisotopic (exact) mass is 211 g/mol. The van der Waals surface area contributed by atoms with Gasteiger partial charge >= 0.3 is 0 Å². The highest BCUT2D eigenvalue weighted by atomic mass is 32.1. The summed E-state index contributed by atoms with van der Waals surface area (Å²) >= 11 is 1.90. The summed E-state index contributed by atoms with van der Waals surface area (Å²) in [6.45, 7) is 9.03. The first-order valence-corrected chi connectivity index (χ1v) is 5.97. The Morgan fingerprint density at radius 3 is 2.36 bits per heavy atom. The molecule has 0 spiro atoms. The Kier molecular flexibility index (Phi) is 3.73. The first-order chi connectivity index (χ1) is 6.42. The molecular formula is C12H21NS. The molecule has 0 fully saturated rings. The molecule has 0 aromatic carbocycles. The van der Waals surface area contributed by atoms with Gasteiger partial charge in [-0.05, 0) is 37.9 Å². The third-order valence-electron chi connectivity index (χ3n) is 2.27. The van der Waals surface area contributed by atoms with Crippen LogP contribution >= 0.6 is 11.3 Å². The maximum atomic E-state index is 3.40. The number of aryl methyl sites for hydroxylation is 1. The van der Waals surface area contributed by atoms with Crippen LogP contribution in [0.25, 0.3) is 0 Å². The van der Waals surface area contributed by atoms with Crippen LogP contribution in [0.3, 0.4) is 0 Å². The Labute approximate surface area is 91.5 Å². The minimum absolute atomic E-state index is 0.381. The highest BCUT2D eigenvalue weighted by Gasteiger charge is 2.19. The van der Waals surface area contributed by atoms with Crippen LogP contribution in [-0.2, 0) is 0 Å². The Hall–Kier alpha value is -0.340.